The molecule has 0 radical (unpaired) electrons. The maximum absolute atomic E-state index is 12.0. The zero-order chi connectivity index (χ0) is 14.7. The molecule has 0 fully saturated rings. The molecule has 0 saturated heterocycles. The van der Waals surface area contributed by atoms with E-state index in [4.69, 9.17) is 10.5 Å². The quantitative estimate of drug-likeness (QED) is 0.815. The Hall–Kier alpha value is -1.40. The van der Waals surface area contributed by atoms with Gasteiger partial charge in [0.1, 0.15) is 5.00 Å². The highest BCUT2D eigenvalue weighted by Gasteiger charge is 2.28. The number of amides is 1. The second-order valence-electron chi connectivity index (χ2n) is 4.94. The normalized spacial score (nSPS) is 14.8. The molecule has 6 heteroatoms. The van der Waals surface area contributed by atoms with Crippen LogP contribution >= 0.6 is 11.3 Å². The molecule has 1 aromatic heterocycles. The second-order valence-corrected chi connectivity index (χ2v) is 6.04. The summed E-state index contributed by atoms with van der Waals surface area (Å²) in [5, 5.41) is 3.38. The van der Waals surface area contributed by atoms with Gasteiger partial charge in [-0.2, -0.15) is 0 Å². The van der Waals surface area contributed by atoms with Crippen molar-refractivity contribution in [3.8, 4) is 0 Å². The fraction of sp³-hybridized carbons (Fsp3) is 0.571. The molecule has 2 rings (SSSR count). The summed E-state index contributed by atoms with van der Waals surface area (Å²) in [6.07, 6.45) is 4.35. The molecule has 1 aliphatic rings. The molecule has 0 aliphatic heterocycles. The fourth-order valence-electron chi connectivity index (χ4n) is 2.46. The van der Waals surface area contributed by atoms with E-state index in [1.165, 1.54) is 23.3 Å². The van der Waals surface area contributed by atoms with Crippen LogP contribution in [0.2, 0.25) is 0 Å². The Balaban J connectivity index is 2.24. The monoisotopic (exact) mass is 296 g/mol. The summed E-state index contributed by atoms with van der Waals surface area (Å²) in [5.74, 6) is -0.624. The van der Waals surface area contributed by atoms with E-state index in [9.17, 15) is 9.59 Å². The highest BCUT2D eigenvalue weighted by atomic mass is 32.1. The van der Waals surface area contributed by atoms with Gasteiger partial charge >= 0.3 is 5.97 Å². The predicted octanol–water partition coefficient (Wildman–Crippen LogP) is 2.09. The molecule has 0 saturated carbocycles. The van der Waals surface area contributed by atoms with Gasteiger partial charge in [0.05, 0.1) is 18.7 Å². The summed E-state index contributed by atoms with van der Waals surface area (Å²) in [5.41, 5.74) is 7.35. The standard InChI is InChI=1S/C14H20N2O3S/c1-3-5-9(15)12(17)16-13-11(14(18)19-2)8-6-4-7-10(8)20-13/h9H,3-7,15H2,1-2H3,(H,16,17)/t9-/m1/s1. The molecule has 110 valence electrons. The fourth-order valence-corrected chi connectivity index (χ4v) is 3.74. The minimum Gasteiger partial charge on any atom is -0.465 e. The lowest BCUT2D eigenvalue weighted by atomic mass is 10.1. The van der Waals surface area contributed by atoms with Gasteiger partial charge in [0, 0.05) is 4.88 Å². The number of ether oxygens (including phenoxy) is 1. The highest BCUT2D eigenvalue weighted by molar-refractivity contribution is 7.17. The molecule has 1 atom stereocenters. The van der Waals surface area contributed by atoms with Gasteiger partial charge in [0.2, 0.25) is 5.91 Å². The van der Waals surface area contributed by atoms with Crippen molar-refractivity contribution < 1.29 is 14.3 Å². The van der Waals surface area contributed by atoms with Crippen molar-refractivity contribution in [2.45, 2.75) is 45.1 Å². The number of hydrogen-bond donors (Lipinski definition) is 2. The van der Waals surface area contributed by atoms with Crippen molar-refractivity contribution in [1.29, 1.82) is 0 Å². The Labute approximate surface area is 122 Å². The Kier molecular flexibility index (Phi) is 4.77. The lowest BCUT2D eigenvalue weighted by molar-refractivity contribution is -0.117. The van der Waals surface area contributed by atoms with Crippen LogP contribution in [0.4, 0.5) is 5.00 Å². The summed E-state index contributed by atoms with van der Waals surface area (Å²) in [6, 6.07) is -0.539. The van der Waals surface area contributed by atoms with E-state index >= 15 is 0 Å². The number of carbonyl (C=O) groups excluding carboxylic acids is 2. The highest BCUT2D eigenvalue weighted by Crippen LogP contribution is 2.39. The molecular formula is C14H20N2O3S. The van der Waals surface area contributed by atoms with E-state index in [1.807, 2.05) is 6.92 Å². The summed E-state index contributed by atoms with van der Waals surface area (Å²) in [4.78, 5) is 25.1. The van der Waals surface area contributed by atoms with Crippen LogP contribution in [0.15, 0.2) is 0 Å². The lowest BCUT2D eigenvalue weighted by Gasteiger charge is -2.11. The number of hydrogen-bond acceptors (Lipinski definition) is 5. The Morgan fingerprint density at radius 1 is 1.45 bits per heavy atom. The van der Waals surface area contributed by atoms with Gasteiger partial charge in [-0.1, -0.05) is 13.3 Å². The van der Waals surface area contributed by atoms with E-state index in [1.54, 1.807) is 0 Å². The Bertz CT molecular complexity index is 525. The number of methoxy groups -OCH3 is 1. The number of rotatable bonds is 5. The van der Waals surface area contributed by atoms with Crippen LogP contribution in [-0.4, -0.2) is 25.0 Å². The van der Waals surface area contributed by atoms with Crippen LogP contribution in [0.25, 0.3) is 0 Å². The largest absolute Gasteiger partial charge is 0.465 e. The van der Waals surface area contributed by atoms with E-state index in [-0.39, 0.29) is 11.9 Å². The first-order chi connectivity index (χ1) is 9.58. The first-order valence-corrected chi connectivity index (χ1v) is 7.69. The van der Waals surface area contributed by atoms with E-state index in [2.05, 4.69) is 5.32 Å². The smallest absolute Gasteiger partial charge is 0.341 e. The van der Waals surface area contributed by atoms with Crippen LogP contribution in [0.3, 0.4) is 0 Å². The van der Waals surface area contributed by atoms with Gasteiger partial charge in [-0.15, -0.1) is 11.3 Å². The average molecular weight is 296 g/mol. The molecular weight excluding hydrogens is 276 g/mol. The summed E-state index contributed by atoms with van der Waals surface area (Å²) < 4.78 is 4.84. The molecule has 1 heterocycles. The molecule has 0 unspecified atom stereocenters. The number of nitrogens with one attached hydrogen (secondary N) is 1. The van der Waals surface area contributed by atoms with Gasteiger partial charge in [0.15, 0.2) is 0 Å². The zero-order valence-corrected chi connectivity index (χ0v) is 12.6. The number of carbonyl (C=O) groups is 2. The summed E-state index contributed by atoms with van der Waals surface area (Å²) >= 11 is 1.47. The first-order valence-electron chi connectivity index (χ1n) is 6.87. The van der Waals surface area contributed by atoms with Gasteiger partial charge in [-0.05, 0) is 31.2 Å². The van der Waals surface area contributed by atoms with Gasteiger partial charge in [0.25, 0.3) is 0 Å². The maximum atomic E-state index is 12.0. The molecule has 1 aromatic rings. The SMILES string of the molecule is CCC[C@@H](N)C(=O)Nc1sc2c(c1C(=O)OC)CCC2. The number of thiophene rings is 1. The zero-order valence-electron chi connectivity index (χ0n) is 11.8. The van der Waals surface area contributed by atoms with E-state index in [0.717, 1.165) is 31.2 Å². The number of aryl methyl sites for hydroxylation is 1. The van der Waals surface area contributed by atoms with Crippen LogP contribution in [0, 0.1) is 0 Å². The molecule has 5 nitrogen and oxygen atoms in total. The maximum Gasteiger partial charge on any atom is 0.341 e. The minimum atomic E-state index is -0.539. The van der Waals surface area contributed by atoms with Gasteiger partial charge in [-0.3, -0.25) is 4.79 Å². The Morgan fingerprint density at radius 3 is 2.85 bits per heavy atom. The average Bonchev–Trinajstić information content (AvgIpc) is 2.98. The van der Waals surface area contributed by atoms with Crippen LogP contribution in [-0.2, 0) is 22.4 Å². The second kappa shape index (κ2) is 6.37. The molecule has 20 heavy (non-hydrogen) atoms. The lowest BCUT2D eigenvalue weighted by Crippen LogP contribution is -2.35. The van der Waals surface area contributed by atoms with Crippen molar-refractivity contribution in [2.24, 2.45) is 5.73 Å². The van der Waals surface area contributed by atoms with Crippen LogP contribution in [0.1, 0.15) is 47.0 Å². The number of anilines is 1. The third-order valence-corrected chi connectivity index (χ3v) is 4.69. The molecule has 0 spiro atoms. The number of esters is 1. The predicted molar refractivity (Wildman–Crippen MR) is 79.2 cm³/mol. The third kappa shape index (κ3) is 2.86. The van der Waals surface area contributed by atoms with Crippen LogP contribution in [0.5, 0.6) is 0 Å². The van der Waals surface area contributed by atoms with E-state index < -0.39 is 6.04 Å². The molecule has 1 amide bonds. The first kappa shape index (κ1) is 15.0. The van der Waals surface area contributed by atoms with Crippen molar-refractivity contribution >= 4 is 28.2 Å². The number of nitrogens with two attached hydrogens (primary N) is 1. The summed E-state index contributed by atoms with van der Waals surface area (Å²) in [7, 11) is 1.36. The summed E-state index contributed by atoms with van der Waals surface area (Å²) in [6.45, 7) is 1.98. The number of fused-ring (bicyclic) bond motifs is 1. The van der Waals surface area contributed by atoms with Gasteiger partial charge in [-0.25, -0.2) is 4.79 Å². The van der Waals surface area contributed by atoms with Crippen molar-refractivity contribution in [2.75, 3.05) is 12.4 Å². The molecule has 0 bridgehead atoms. The Morgan fingerprint density at radius 2 is 2.20 bits per heavy atom. The van der Waals surface area contributed by atoms with E-state index in [0.29, 0.717) is 17.0 Å². The van der Waals surface area contributed by atoms with Crippen LogP contribution < -0.4 is 11.1 Å². The van der Waals surface area contributed by atoms with Crippen molar-refractivity contribution in [1.82, 2.24) is 0 Å². The van der Waals surface area contributed by atoms with Crippen molar-refractivity contribution in [3.05, 3.63) is 16.0 Å². The minimum absolute atomic E-state index is 0.239. The van der Waals surface area contributed by atoms with Crippen molar-refractivity contribution in [3.63, 3.8) is 0 Å². The molecule has 3 N–H and O–H groups in total. The molecule has 0 aromatic carbocycles. The van der Waals surface area contributed by atoms with Gasteiger partial charge < -0.3 is 15.8 Å². The third-order valence-electron chi connectivity index (χ3n) is 3.48. The topological polar surface area (TPSA) is 81.4 Å². The molecule has 1 aliphatic carbocycles.